The maximum Gasteiger partial charge on any atom is 0.402 e. The van der Waals surface area contributed by atoms with Crippen LogP contribution in [0.1, 0.15) is 0 Å². The molecule has 1 aromatic heterocycles. The van der Waals surface area contributed by atoms with Gasteiger partial charge < -0.3 is 75.1 Å². The lowest BCUT2D eigenvalue weighted by atomic mass is 9.99. The molecule has 0 radical (unpaired) electrons. The normalized spacial score (nSPS) is 31.4. The average Bonchev–Trinajstić information content (AvgIpc) is 3.23. The lowest BCUT2D eigenvalue weighted by molar-refractivity contribution is -0.290. The summed E-state index contributed by atoms with van der Waals surface area (Å²) in [6.45, 7) is -1.15. The van der Waals surface area contributed by atoms with E-state index in [-0.39, 0.29) is 33.8 Å². The Labute approximate surface area is 235 Å². The summed E-state index contributed by atoms with van der Waals surface area (Å²) < 4.78 is 27.8. The minimum atomic E-state index is -1.87. The van der Waals surface area contributed by atoms with E-state index >= 15 is 0 Å². The fourth-order valence-corrected chi connectivity index (χ4v) is 4.68. The van der Waals surface area contributed by atoms with Gasteiger partial charge in [-0.1, -0.05) is 0 Å². The predicted octanol–water partition coefficient (Wildman–Crippen LogP) is -1.45. The van der Waals surface area contributed by atoms with Crippen molar-refractivity contribution in [3.63, 3.8) is 0 Å². The first kappa shape index (κ1) is 29.8. The summed E-state index contributed by atoms with van der Waals surface area (Å²) in [5.74, 6) is -3.64. The molecule has 228 valence electrons. The molecule has 0 amide bonds. The summed E-state index contributed by atoms with van der Waals surface area (Å²) in [4.78, 5) is 0. The summed E-state index contributed by atoms with van der Waals surface area (Å²) in [6, 6.07) is 5.38. The molecule has 0 spiro atoms. The van der Waals surface area contributed by atoms with Crippen molar-refractivity contribution < 1.29 is 79.5 Å². The van der Waals surface area contributed by atoms with E-state index in [0.717, 1.165) is 24.3 Å². The molecule has 2 aliphatic heterocycles. The molecule has 11 N–H and O–H groups in total. The molecule has 0 aliphatic carbocycles. The molecule has 3 aromatic rings. The van der Waals surface area contributed by atoms with Crippen LogP contribution in [0.3, 0.4) is 0 Å². The van der Waals surface area contributed by atoms with Gasteiger partial charge in [0.2, 0.25) is 12.0 Å². The van der Waals surface area contributed by atoms with Crippen molar-refractivity contribution >= 4 is 11.0 Å². The number of fused-ring (bicyclic) bond motifs is 1. The Bertz CT molecular complexity index is 1420. The Hall–Kier alpha value is -3.71. The van der Waals surface area contributed by atoms with Crippen LogP contribution < -0.4 is 4.74 Å². The van der Waals surface area contributed by atoms with Crippen molar-refractivity contribution in [2.45, 2.75) is 55.3 Å². The second-order valence-corrected chi connectivity index (χ2v) is 9.85. The van der Waals surface area contributed by atoms with E-state index < -0.39 is 91.5 Å². The van der Waals surface area contributed by atoms with Crippen molar-refractivity contribution in [1.82, 2.24) is 0 Å². The number of phenols is 5. The number of ether oxygens (including phenoxy) is 4. The molecule has 2 saturated heterocycles. The van der Waals surface area contributed by atoms with E-state index in [0.29, 0.717) is 0 Å². The van der Waals surface area contributed by atoms with Gasteiger partial charge >= 0.3 is 11.3 Å². The fraction of sp³-hybridized carbons (Fsp3) is 0.423. The van der Waals surface area contributed by atoms with Gasteiger partial charge in [0.15, 0.2) is 23.5 Å². The molecular weight excluding hydrogens is 568 g/mol. The van der Waals surface area contributed by atoms with Crippen LogP contribution in [-0.2, 0) is 14.2 Å². The minimum Gasteiger partial charge on any atom is -0.507 e. The average molecular weight is 598 g/mol. The number of hydrogen-bond acceptors (Lipinski definition) is 15. The van der Waals surface area contributed by atoms with Gasteiger partial charge in [0.25, 0.3) is 0 Å². The van der Waals surface area contributed by atoms with Crippen molar-refractivity contribution in [2.24, 2.45) is 0 Å². The van der Waals surface area contributed by atoms with Gasteiger partial charge in [0, 0.05) is 24.3 Å². The Morgan fingerprint density at radius 3 is 1.95 bits per heavy atom. The first-order valence-corrected chi connectivity index (χ1v) is 12.6. The lowest BCUT2D eigenvalue weighted by Gasteiger charge is -2.40. The third kappa shape index (κ3) is 5.42. The maximum absolute atomic E-state index is 10.6. The van der Waals surface area contributed by atoms with Crippen LogP contribution in [0.4, 0.5) is 0 Å². The second-order valence-electron chi connectivity index (χ2n) is 9.85. The summed E-state index contributed by atoms with van der Waals surface area (Å²) >= 11 is 0. The maximum atomic E-state index is 10.6. The summed E-state index contributed by atoms with van der Waals surface area (Å²) in [7, 11) is 0. The van der Waals surface area contributed by atoms with E-state index in [1.165, 1.54) is 6.07 Å². The molecule has 2 aliphatic rings. The van der Waals surface area contributed by atoms with E-state index in [9.17, 15) is 56.2 Å². The Morgan fingerprint density at radius 1 is 0.690 bits per heavy atom. The smallest absolute Gasteiger partial charge is 0.402 e. The van der Waals surface area contributed by atoms with E-state index in [1.54, 1.807) is 0 Å². The quantitative estimate of drug-likeness (QED) is 0.110. The highest BCUT2D eigenvalue weighted by Crippen LogP contribution is 2.45. The molecule has 3 heterocycles. The Kier molecular flexibility index (Phi) is 8.17. The van der Waals surface area contributed by atoms with Crippen LogP contribution in [0, 0.1) is 0 Å². The molecule has 16 nitrogen and oxygen atoms in total. The number of hydrogen-bond donors (Lipinski definition) is 11. The molecule has 0 unspecified atom stereocenters. The molecular formula is C26H29O16+. The van der Waals surface area contributed by atoms with Crippen molar-refractivity contribution in [3.05, 3.63) is 30.3 Å². The number of aromatic hydroxyl groups is 5. The molecule has 2 fully saturated rings. The molecule has 2 aromatic carbocycles. The zero-order valence-corrected chi connectivity index (χ0v) is 21.5. The topological polar surface area (TPSA) is 271 Å². The van der Waals surface area contributed by atoms with Gasteiger partial charge in [-0.2, -0.15) is 0 Å². The summed E-state index contributed by atoms with van der Waals surface area (Å²) in [5, 5.41) is 111. The molecule has 9 atom stereocenters. The van der Waals surface area contributed by atoms with Crippen LogP contribution >= 0.6 is 0 Å². The van der Waals surface area contributed by atoms with Crippen LogP contribution in [0.2, 0.25) is 0 Å². The lowest BCUT2D eigenvalue weighted by Crippen LogP contribution is -2.60. The molecule has 0 bridgehead atoms. The molecule has 0 saturated carbocycles. The van der Waals surface area contributed by atoms with Gasteiger partial charge in [-0.05, 0) is 0 Å². The Balaban J connectivity index is 1.46. The minimum absolute atomic E-state index is 0.00824. The van der Waals surface area contributed by atoms with Crippen LogP contribution in [-0.4, -0.2) is 125 Å². The zero-order chi connectivity index (χ0) is 30.5. The first-order valence-electron chi connectivity index (χ1n) is 12.6. The molecule has 42 heavy (non-hydrogen) atoms. The number of rotatable bonds is 7. The van der Waals surface area contributed by atoms with Gasteiger partial charge in [-0.15, -0.1) is 0 Å². The highest BCUT2D eigenvalue weighted by Gasteiger charge is 2.48. The summed E-state index contributed by atoms with van der Waals surface area (Å²) in [6.07, 6.45) is -14.1. The molecule has 16 heteroatoms. The zero-order valence-electron chi connectivity index (χ0n) is 21.5. The Morgan fingerprint density at radius 2 is 1.31 bits per heavy atom. The first-order chi connectivity index (χ1) is 19.9. The molecule has 5 rings (SSSR count). The SMILES string of the molecule is OC[C@H]1O[C@@H](OC[C@H]2O[C@@H](Oc3cc4c(O)cc(O)cc4[o+]c3-c3cc(O)c(O)c(O)c3)[C@H](O)[C@@H](O)[C@@H]2O)[C@H](O)[C@H]1O. The fourth-order valence-electron chi connectivity index (χ4n) is 4.68. The van der Waals surface area contributed by atoms with Gasteiger partial charge in [-0.3, -0.25) is 0 Å². The monoisotopic (exact) mass is 597 g/mol. The van der Waals surface area contributed by atoms with Crippen molar-refractivity contribution in [2.75, 3.05) is 13.2 Å². The van der Waals surface area contributed by atoms with E-state index in [1.807, 2.05) is 0 Å². The highest BCUT2D eigenvalue weighted by atomic mass is 16.7. The predicted molar refractivity (Wildman–Crippen MR) is 135 cm³/mol. The third-order valence-corrected chi connectivity index (χ3v) is 6.98. The van der Waals surface area contributed by atoms with Gasteiger partial charge in [-0.25, -0.2) is 4.42 Å². The van der Waals surface area contributed by atoms with Gasteiger partial charge in [0.1, 0.15) is 59.6 Å². The number of benzene rings is 2. The van der Waals surface area contributed by atoms with E-state index in [2.05, 4.69) is 0 Å². The van der Waals surface area contributed by atoms with E-state index in [4.69, 9.17) is 23.4 Å². The third-order valence-electron chi connectivity index (χ3n) is 6.98. The van der Waals surface area contributed by atoms with Gasteiger partial charge in [0.05, 0.1) is 24.8 Å². The second kappa shape index (κ2) is 11.5. The van der Waals surface area contributed by atoms with Crippen LogP contribution in [0.15, 0.2) is 34.7 Å². The van der Waals surface area contributed by atoms with Crippen LogP contribution in [0.25, 0.3) is 22.3 Å². The van der Waals surface area contributed by atoms with Crippen molar-refractivity contribution in [1.29, 1.82) is 0 Å². The van der Waals surface area contributed by atoms with Crippen LogP contribution in [0.5, 0.6) is 34.5 Å². The van der Waals surface area contributed by atoms with Crippen molar-refractivity contribution in [3.8, 4) is 45.8 Å². The largest absolute Gasteiger partial charge is 0.507 e. The number of aliphatic hydroxyl groups excluding tert-OH is 6. The standard InChI is InChI=1S/C26H28O16/c27-6-16-19(33)22(36)25(41-16)38-7-17-20(34)21(35)23(37)26(42-17)40-15-5-10-11(29)3-9(28)4-14(10)39-24(15)8-1-12(30)18(32)13(31)2-8/h1-5,16-17,19-23,25-27,33-37H,6-7H2,(H4-,28,29,30,31,32)/p+1/t16-,17-,19+,20-,21+,22-,23-,25-,26-/m1/s1. The number of aliphatic hydroxyl groups is 6. The number of phenolic OH excluding ortho intramolecular Hbond substituents is 5. The highest BCUT2D eigenvalue weighted by molar-refractivity contribution is 5.88. The summed E-state index contributed by atoms with van der Waals surface area (Å²) in [5.41, 5.74) is -0.148.